The molecule has 156 valence electrons. The van der Waals surface area contributed by atoms with Crippen LogP contribution in [0.1, 0.15) is 36.8 Å². The molecule has 1 N–H and O–H groups in total. The first-order valence-electron chi connectivity index (χ1n) is 9.82. The molecular weight excluding hydrogens is 476 g/mol. The number of nitrogens with zero attached hydrogens (tertiary/aromatic N) is 2. The van der Waals surface area contributed by atoms with E-state index in [0.29, 0.717) is 19.3 Å². The number of benzene rings is 1. The van der Waals surface area contributed by atoms with Gasteiger partial charge in [0.05, 0.1) is 12.7 Å². The number of piperidine rings is 1. The minimum absolute atomic E-state index is 0. The molecule has 0 amide bonds. The number of nitrogens with one attached hydrogen (secondary N) is 1. The Morgan fingerprint density at radius 2 is 2.07 bits per heavy atom. The third-order valence-corrected chi connectivity index (χ3v) is 5.41. The van der Waals surface area contributed by atoms with Crippen LogP contribution in [0.25, 0.3) is 0 Å². The number of hydrogen-bond acceptors (Lipinski definition) is 4. The van der Waals surface area contributed by atoms with Gasteiger partial charge < -0.3 is 24.4 Å². The summed E-state index contributed by atoms with van der Waals surface area (Å²) in [6.07, 6.45) is 5.06. The van der Waals surface area contributed by atoms with Crippen LogP contribution in [0.4, 0.5) is 4.39 Å². The van der Waals surface area contributed by atoms with E-state index in [9.17, 15) is 4.39 Å². The van der Waals surface area contributed by atoms with Crippen molar-refractivity contribution in [1.29, 1.82) is 0 Å². The molecule has 0 spiro atoms. The lowest BCUT2D eigenvalue weighted by Crippen LogP contribution is -2.46. The Morgan fingerprint density at radius 3 is 2.79 bits per heavy atom. The number of guanidine groups is 1. The van der Waals surface area contributed by atoms with E-state index in [1.165, 1.54) is 25.0 Å². The Morgan fingerprint density at radius 1 is 1.29 bits per heavy atom. The Kier molecular flexibility index (Phi) is 7.76. The number of likely N-dealkylation sites (tertiary alicyclic amines) is 1. The van der Waals surface area contributed by atoms with Crippen molar-refractivity contribution < 1.29 is 18.6 Å². The number of rotatable bonds is 5. The normalized spacial score (nSPS) is 20.2. The number of hydrogen-bond donors (Lipinski definition) is 1. The van der Waals surface area contributed by atoms with Gasteiger partial charge in [-0.05, 0) is 43.7 Å². The van der Waals surface area contributed by atoms with Crippen molar-refractivity contribution >= 4 is 29.9 Å². The predicted molar refractivity (Wildman–Crippen MR) is 116 cm³/mol. The zero-order chi connectivity index (χ0) is 18.6. The van der Waals surface area contributed by atoms with Crippen LogP contribution < -0.4 is 10.1 Å². The van der Waals surface area contributed by atoms with E-state index in [2.05, 4.69) is 15.2 Å². The predicted octanol–water partition coefficient (Wildman–Crippen LogP) is 3.28. The molecule has 3 aliphatic rings. The SMILES string of the molecule is CN=C(NCc1cc(F)cc2c1OCOC2)N1CCC(OCC2CC2)CC1.I. The van der Waals surface area contributed by atoms with Crippen LogP contribution in [-0.4, -0.2) is 50.5 Å². The van der Waals surface area contributed by atoms with Crippen LogP contribution >= 0.6 is 24.0 Å². The Balaban J connectivity index is 0.00000225. The highest BCUT2D eigenvalue weighted by molar-refractivity contribution is 14.0. The number of halogens is 2. The summed E-state index contributed by atoms with van der Waals surface area (Å²) in [6.45, 7) is 3.80. The van der Waals surface area contributed by atoms with Crippen molar-refractivity contribution in [2.24, 2.45) is 10.9 Å². The summed E-state index contributed by atoms with van der Waals surface area (Å²) in [5.41, 5.74) is 1.54. The zero-order valence-electron chi connectivity index (χ0n) is 16.3. The van der Waals surface area contributed by atoms with Crippen molar-refractivity contribution in [3.63, 3.8) is 0 Å². The number of aliphatic imine (C=N–C) groups is 1. The fourth-order valence-corrected chi connectivity index (χ4v) is 3.69. The Labute approximate surface area is 182 Å². The molecule has 0 bridgehead atoms. The van der Waals surface area contributed by atoms with Gasteiger partial charge in [0.2, 0.25) is 0 Å². The molecule has 0 atom stereocenters. The van der Waals surface area contributed by atoms with Gasteiger partial charge in [0.1, 0.15) is 11.6 Å². The third kappa shape index (κ3) is 5.48. The molecule has 1 saturated carbocycles. The number of ether oxygens (including phenoxy) is 3. The first-order chi connectivity index (χ1) is 13.2. The largest absolute Gasteiger partial charge is 0.467 e. The molecule has 4 rings (SSSR count). The average Bonchev–Trinajstić information content (AvgIpc) is 3.52. The highest BCUT2D eigenvalue weighted by Crippen LogP contribution is 2.30. The summed E-state index contributed by atoms with van der Waals surface area (Å²) in [4.78, 5) is 6.64. The second-order valence-corrected chi connectivity index (χ2v) is 7.53. The first-order valence-corrected chi connectivity index (χ1v) is 9.82. The second-order valence-electron chi connectivity index (χ2n) is 7.53. The average molecular weight is 505 g/mol. The van der Waals surface area contributed by atoms with E-state index in [1.807, 2.05) is 0 Å². The summed E-state index contributed by atoms with van der Waals surface area (Å²) >= 11 is 0. The van der Waals surface area contributed by atoms with Crippen LogP contribution in [0, 0.1) is 11.7 Å². The molecule has 8 heteroatoms. The maximum atomic E-state index is 13.9. The maximum absolute atomic E-state index is 13.9. The summed E-state index contributed by atoms with van der Waals surface area (Å²) in [7, 11) is 1.78. The van der Waals surface area contributed by atoms with Crippen molar-refractivity contribution in [1.82, 2.24) is 10.2 Å². The van der Waals surface area contributed by atoms with Gasteiger partial charge in [0.15, 0.2) is 12.8 Å². The van der Waals surface area contributed by atoms with Crippen molar-refractivity contribution in [2.45, 2.75) is 44.9 Å². The molecule has 2 aliphatic heterocycles. The summed E-state index contributed by atoms with van der Waals surface area (Å²) in [5, 5.41) is 3.36. The Bertz CT molecular complexity index is 692. The van der Waals surface area contributed by atoms with E-state index in [4.69, 9.17) is 14.2 Å². The van der Waals surface area contributed by atoms with Gasteiger partial charge in [-0.25, -0.2) is 4.39 Å². The monoisotopic (exact) mass is 505 g/mol. The summed E-state index contributed by atoms with van der Waals surface area (Å²) in [5.74, 6) is 2.09. The molecule has 1 aromatic rings. The Hall–Kier alpha value is -1.13. The molecule has 0 unspecified atom stereocenters. The van der Waals surface area contributed by atoms with Crippen LogP contribution in [-0.2, 0) is 22.6 Å². The minimum atomic E-state index is -0.275. The van der Waals surface area contributed by atoms with Crippen LogP contribution in [0.3, 0.4) is 0 Å². The molecule has 28 heavy (non-hydrogen) atoms. The molecule has 0 aromatic heterocycles. The van der Waals surface area contributed by atoms with Gasteiger partial charge in [0, 0.05) is 44.4 Å². The van der Waals surface area contributed by atoms with Crippen LogP contribution in [0.5, 0.6) is 5.75 Å². The second kappa shape index (κ2) is 10.1. The van der Waals surface area contributed by atoms with Gasteiger partial charge in [-0.15, -0.1) is 24.0 Å². The molecular formula is C20H29FIN3O3. The lowest BCUT2D eigenvalue weighted by atomic mass is 10.1. The van der Waals surface area contributed by atoms with Gasteiger partial charge in [0.25, 0.3) is 0 Å². The maximum Gasteiger partial charge on any atom is 0.193 e. The topological polar surface area (TPSA) is 55.3 Å². The van der Waals surface area contributed by atoms with Gasteiger partial charge >= 0.3 is 0 Å². The van der Waals surface area contributed by atoms with E-state index in [-0.39, 0.29) is 36.6 Å². The van der Waals surface area contributed by atoms with Crippen molar-refractivity contribution in [3.05, 3.63) is 29.1 Å². The third-order valence-electron chi connectivity index (χ3n) is 5.41. The molecule has 2 heterocycles. The smallest absolute Gasteiger partial charge is 0.193 e. The first kappa shape index (κ1) is 21.6. The highest BCUT2D eigenvalue weighted by Gasteiger charge is 2.26. The number of fused-ring (bicyclic) bond motifs is 1. The van der Waals surface area contributed by atoms with Crippen LogP contribution in [0.15, 0.2) is 17.1 Å². The minimum Gasteiger partial charge on any atom is -0.467 e. The quantitative estimate of drug-likeness (QED) is 0.379. The van der Waals surface area contributed by atoms with Crippen LogP contribution in [0.2, 0.25) is 0 Å². The standard InChI is InChI=1S/C20H28FN3O3.HI/c1-22-20(24-6-4-18(5-7-24)26-11-14-2-3-14)23-10-15-8-17(21)9-16-12-25-13-27-19(15)16;/h8-9,14,18H,2-7,10-13H2,1H3,(H,22,23);1H. The molecule has 2 fully saturated rings. The lowest BCUT2D eigenvalue weighted by Gasteiger charge is -2.34. The summed E-state index contributed by atoms with van der Waals surface area (Å²) < 4.78 is 30.7. The molecule has 1 aliphatic carbocycles. The van der Waals surface area contributed by atoms with E-state index in [0.717, 1.165) is 61.3 Å². The molecule has 1 saturated heterocycles. The highest BCUT2D eigenvalue weighted by atomic mass is 127. The fourth-order valence-electron chi connectivity index (χ4n) is 3.69. The fraction of sp³-hybridized carbons (Fsp3) is 0.650. The lowest BCUT2D eigenvalue weighted by molar-refractivity contribution is -0.0173. The van der Waals surface area contributed by atoms with Gasteiger partial charge in [-0.1, -0.05) is 0 Å². The van der Waals surface area contributed by atoms with E-state index >= 15 is 0 Å². The molecule has 6 nitrogen and oxygen atoms in total. The van der Waals surface area contributed by atoms with Crippen molar-refractivity contribution in [3.8, 4) is 5.75 Å². The van der Waals surface area contributed by atoms with Crippen molar-refractivity contribution in [2.75, 3.05) is 33.5 Å². The molecule has 0 radical (unpaired) electrons. The van der Waals surface area contributed by atoms with E-state index < -0.39 is 0 Å². The molecule has 1 aromatic carbocycles. The van der Waals surface area contributed by atoms with Gasteiger partial charge in [-0.3, -0.25) is 4.99 Å². The zero-order valence-corrected chi connectivity index (χ0v) is 18.6. The summed E-state index contributed by atoms with van der Waals surface area (Å²) in [6, 6.07) is 2.99. The van der Waals surface area contributed by atoms with Gasteiger partial charge in [-0.2, -0.15) is 0 Å². The van der Waals surface area contributed by atoms with E-state index in [1.54, 1.807) is 7.05 Å².